The first-order chi connectivity index (χ1) is 14.6. The second kappa shape index (κ2) is 11.3. The Morgan fingerprint density at radius 2 is 1.57 bits per heavy atom. The standard InChI is InChI=1S/C24H23IN2O3/c1-2-15-29-22-13-7-20(8-14-22)24(28)27-26-16-18-5-11-23(12-6-18)30-17-19-3-9-21(25)10-4-19/h3-14,16H,2,15,17H2,1H3,(H,27,28)/b26-16+. The number of carbonyl (C=O) groups excluding carboxylic acids is 1. The fraction of sp³-hybridized carbons (Fsp3) is 0.167. The fourth-order valence-electron chi connectivity index (χ4n) is 2.55. The molecule has 3 aromatic carbocycles. The molecule has 30 heavy (non-hydrogen) atoms. The molecule has 3 aromatic rings. The molecule has 0 fully saturated rings. The normalized spacial score (nSPS) is 10.7. The molecule has 0 aliphatic heterocycles. The summed E-state index contributed by atoms with van der Waals surface area (Å²) in [6.07, 6.45) is 2.54. The summed E-state index contributed by atoms with van der Waals surface area (Å²) in [5.41, 5.74) is 5.04. The molecule has 0 unspecified atom stereocenters. The van der Waals surface area contributed by atoms with Crippen molar-refractivity contribution < 1.29 is 14.3 Å². The third-order valence-electron chi connectivity index (χ3n) is 4.17. The number of ether oxygens (including phenoxy) is 2. The first-order valence-electron chi connectivity index (χ1n) is 9.67. The van der Waals surface area contributed by atoms with Crippen LogP contribution in [-0.2, 0) is 6.61 Å². The minimum absolute atomic E-state index is 0.272. The van der Waals surface area contributed by atoms with Crippen molar-refractivity contribution in [1.82, 2.24) is 5.43 Å². The molecule has 0 atom stereocenters. The predicted octanol–water partition coefficient (Wildman–Crippen LogP) is 5.42. The van der Waals surface area contributed by atoms with Crippen LogP contribution in [0.15, 0.2) is 77.9 Å². The molecule has 0 aliphatic rings. The van der Waals surface area contributed by atoms with E-state index < -0.39 is 0 Å². The lowest BCUT2D eigenvalue weighted by Gasteiger charge is -2.07. The second-order valence-corrected chi connectivity index (χ2v) is 7.80. The van der Waals surface area contributed by atoms with Gasteiger partial charge in [0.1, 0.15) is 18.1 Å². The van der Waals surface area contributed by atoms with E-state index in [1.54, 1.807) is 30.5 Å². The van der Waals surface area contributed by atoms with E-state index in [9.17, 15) is 4.79 Å². The lowest BCUT2D eigenvalue weighted by Crippen LogP contribution is -2.17. The van der Waals surface area contributed by atoms with Gasteiger partial charge in [-0.05, 0) is 101 Å². The zero-order chi connectivity index (χ0) is 21.2. The van der Waals surface area contributed by atoms with Gasteiger partial charge in [0.25, 0.3) is 5.91 Å². The quantitative estimate of drug-likeness (QED) is 0.236. The Labute approximate surface area is 190 Å². The third-order valence-corrected chi connectivity index (χ3v) is 4.89. The Morgan fingerprint density at radius 1 is 0.933 bits per heavy atom. The molecule has 154 valence electrons. The van der Waals surface area contributed by atoms with E-state index in [1.165, 1.54) is 3.57 Å². The Morgan fingerprint density at radius 3 is 2.23 bits per heavy atom. The maximum absolute atomic E-state index is 12.2. The number of benzene rings is 3. The second-order valence-electron chi connectivity index (χ2n) is 6.56. The van der Waals surface area contributed by atoms with E-state index in [4.69, 9.17) is 9.47 Å². The summed E-state index contributed by atoms with van der Waals surface area (Å²) in [6, 6.07) is 22.8. The van der Waals surface area contributed by atoms with Gasteiger partial charge in [0.2, 0.25) is 0 Å². The minimum atomic E-state index is -0.272. The number of amides is 1. The van der Waals surface area contributed by atoms with Crippen LogP contribution in [0.1, 0.15) is 34.8 Å². The van der Waals surface area contributed by atoms with E-state index in [1.807, 2.05) is 31.2 Å². The highest BCUT2D eigenvalue weighted by Gasteiger charge is 2.04. The van der Waals surface area contributed by atoms with Crippen LogP contribution < -0.4 is 14.9 Å². The minimum Gasteiger partial charge on any atom is -0.494 e. The molecule has 0 aliphatic carbocycles. The Hall–Kier alpha value is -2.87. The molecule has 0 saturated heterocycles. The first kappa shape index (κ1) is 21.8. The molecular weight excluding hydrogens is 491 g/mol. The molecule has 1 N–H and O–H groups in total. The summed E-state index contributed by atoms with van der Waals surface area (Å²) in [6.45, 7) is 3.22. The molecule has 1 amide bonds. The van der Waals surface area contributed by atoms with Crippen molar-refractivity contribution in [2.45, 2.75) is 20.0 Å². The van der Waals surface area contributed by atoms with E-state index in [0.717, 1.165) is 29.0 Å². The lowest BCUT2D eigenvalue weighted by atomic mass is 10.2. The van der Waals surface area contributed by atoms with Crippen molar-refractivity contribution in [3.05, 3.63) is 93.1 Å². The third kappa shape index (κ3) is 6.88. The predicted molar refractivity (Wildman–Crippen MR) is 127 cm³/mol. The van der Waals surface area contributed by atoms with Crippen molar-refractivity contribution in [2.24, 2.45) is 5.10 Å². The lowest BCUT2D eigenvalue weighted by molar-refractivity contribution is 0.0955. The van der Waals surface area contributed by atoms with Gasteiger partial charge in [-0.1, -0.05) is 19.1 Å². The largest absolute Gasteiger partial charge is 0.494 e. The van der Waals surface area contributed by atoms with Gasteiger partial charge in [0.05, 0.1) is 12.8 Å². The van der Waals surface area contributed by atoms with Crippen LogP contribution in [0.2, 0.25) is 0 Å². The van der Waals surface area contributed by atoms with Crippen LogP contribution >= 0.6 is 22.6 Å². The SMILES string of the molecule is CCCOc1ccc(C(=O)N/N=C/c2ccc(OCc3ccc(I)cc3)cc2)cc1. The number of nitrogens with zero attached hydrogens (tertiary/aromatic N) is 1. The van der Waals surface area contributed by atoms with Gasteiger partial charge in [-0.25, -0.2) is 5.43 Å². The van der Waals surface area contributed by atoms with Gasteiger partial charge in [-0.2, -0.15) is 5.10 Å². The van der Waals surface area contributed by atoms with Gasteiger partial charge in [-0.15, -0.1) is 0 Å². The Balaban J connectivity index is 1.47. The van der Waals surface area contributed by atoms with Gasteiger partial charge in [0, 0.05) is 9.13 Å². The molecule has 0 spiro atoms. The number of halogens is 1. The van der Waals surface area contributed by atoms with E-state index in [2.05, 4.69) is 57.4 Å². The van der Waals surface area contributed by atoms with Crippen molar-refractivity contribution in [2.75, 3.05) is 6.61 Å². The number of nitrogens with one attached hydrogen (secondary N) is 1. The molecule has 3 rings (SSSR count). The molecule has 0 saturated carbocycles. The molecule has 5 nitrogen and oxygen atoms in total. The average molecular weight is 514 g/mol. The highest BCUT2D eigenvalue weighted by atomic mass is 127. The summed E-state index contributed by atoms with van der Waals surface area (Å²) in [5, 5.41) is 4.02. The zero-order valence-electron chi connectivity index (χ0n) is 16.7. The topological polar surface area (TPSA) is 59.9 Å². The number of rotatable bonds is 9. The maximum atomic E-state index is 12.2. The molecule has 0 radical (unpaired) electrons. The highest BCUT2D eigenvalue weighted by Crippen LogP contribution is 2.15. The summed E-state index contributed by atoms with van der Waals surface area (Å²) in [5.74, 6) is 1.26. The fourth-order valence-corrected chi connectivity index (χ4v) is 2.91. The van der Waals surface area contributed by atoms with Crippen LogP contribution in [0, 0.1) is 3.57 Å². The summed E-state index contributed by atoms with van der Waals surface area (Å²) in [7, 11) is 0. The van der Waals surface area contributed by atoms with Gasteiger partial charge >= 0.3 is 0 Å². The molecule has 0 bridgehead atoms. The van der Waals surface area contributed by atoms with Gasteiger partial charge in [-0.3, -0.25) is 4.79 Å². The van der Waals surface area contributed by atoms with Crippen molar-refractivity contribution in [3.8, 4) is 11.5 Å². The summed E-state index contributed by atoms with van der Waals surface area (Å²) in [4.78, 5) is 12.2. The Kier molecular flexibility index (Phi) is 8.26. The smallest absolute Gasteiger partial charge is 0.271 e. The maximum Gasteiger partial charge on any atom is 0.271 e. The number of hydrogen-bond donors (Lipinski definition) is 1. The molecule has 6 heteroatoms. The van der Waals surface area contributed by atoms with Gasteiger partial charge < -0.3 is 9.47 Å². The van der Waals surface area contributed by atoms with Crippen molar-refractivity contribution in [1.29, 1.82) is 0 Å². The van der Waals surface area contributed by atoms with Crippen LogP contribution in [0.4, 0.5) is 0 Å². The number of hydrogen-bond acceptors (Lipinski definition) is 4. The van der Waals surface area contributed by atoms with E-state index in [-0.39, 0.29) is 5.91 Å². The number of hydrazone groups is 1. The average Bonchev–Trinajstić information content (AvgIpc) is 2.78. The van der Waals surface area contributed by atoms with Crippen LogP contribution in [0.5, 0.6) is 11.5 Å². The van der Waals surface area contributed by atoms with Crippen molar-refractivity contribution >= 4 is 34.7 Å². The van der Waals surface area contributed by atoms with E-state index >= 15 is 0 Å². The molecular formula is C24H23IN2O3. The Bertz CT molecular complexity index is 969. The summed E-state index contributed by atoms with van der Waals surface area (Å²) >= 11 is 2.28. The van der Waals surface area contributed by atoms with Gasteiger partial charge in [0.15, 0.2) is 0 Å². The van der Waals surface area contributed by atoms with Crippen LogP contribution in [-0.4, -0.2) is 18.7 Å². The van der Waals surface area contributed by atoms with Crippen molar-refractivity contribution in [3.63, 3.8) is 0 Å². The summed E-state index contributed by atoms with van der Waals surface area (Å²) < 4.78 is 12.5. The zero-order valence-corrected chi connectivity index (χ0v) is 18.8. The van der Waals surface area contributed by atoms with Crippen LogP contribution in [0.25, 0.3) is 0 Å². The molecule has 0 heterocycles. The van der Waals surface area contributed by atoms with E-state index in [0.29, 0.717) is 18.8 Å². The highest BCUT2D eigenvalue weighted by molar-refractivity contribution is 14.1. The molecule has 0 aromatic heterocycles. The monoisotopic (exact) mass is 514 g/mol. The van der Waals surface area contributed by atoms with Crippen LogP contribution in [0.3, 0.4) is 0 Å². The number of carbonyl (C=O) groups is 1. The first-order valence-corrected chi connectivity index (χ1v) is 10.8.